The van der Waals surface area contributed by atoms with Gasteiger partial charge in [0.2, 0.25) is 0 Å². The summed E-state index contributed by atoms with van der Waals surface area (Å²) in [5, 5.41) is 0. The van der Waals surface area contributed by atoms with Crippen LogP contribution in [0.1, 0.15) is 36.2 Å². The third kappa shape index (κ3) is 3.54. The summed E-state index contributed by atoms with van der Waals surface area (Å²) in [6.45, 7) is 10.7. The molecular formula is C17H22IN3. The Hall–Kier alpha value is -1.17. The van der Waals surface area contributed by atoms with Crippen molar-refractivity contribution in [1.29, 1.82) is 0 Å². The van der Waals surface area contributed by atoms with Gasteiger partial charge in [-0.05, 0) is 66.8 Å². The number of nitrogens with zero attached hydrogens (tertiary/aromatic N) is 2. The van der Waals surface area contributed by atoms with E-state index in [2.05, 4.69) is 74.3 Å². The smallest absolute Gasteiger partial charge is 0.162 e. The molecule has 112 valence electrons. The quantitative estimate of drug-likeness (QED) is 0.782. The van der Waals surface area contributed by atoms with Gasteiger partial charge >= 0.3 is 0 Å². The standard InChI is InChI=1S/C17H22IN3/c1-9(2)6-13-15(18)16(19)21-17(20-13)14-11(4)7-10(3)8-12(14)5/h7-9H,6H2,1-5H3,(H2,19,20,21). The highest BCUT2D eigenvalue weighted by atomic mass is 127. The van der Waals surface area contributed by atoms with Gasteiger partial charge in [0.15, 0.2) is 5.82 Å². The second kappa shape index (κ2) is 6.30. The molecule has 0 saturated heterocycles. The molecule has 0 radical (unpaired) electrons. The zero-order valence-electron chi connectivity index (χ0n) is 13.3. The molecule has 4 heteroatoms. The fourth-order valence-corrected chi connectivity index (χ4v) is 3.14. The molecule has 2 aromatic rings. The molecule has 0 saturated carbocycles. The van der Waals surface area contributed by atoms with E-state index >= 15 is 0 Å². The Morgan fingerprint density at radius 3 is 2.19 bits per heavy atom. The van der Waals surface area contributed by atoms with Crippen molar-refractivity contribution in [2.75, 3.05) is 5.73 Å². The topological polar surface area (TPSA) is 51.8 Å². The molecule has 0 amide bonds. The van der Waals surface area contributed by atoms with Crippen LogP contribution in [0.25, 0.3) is 11.4 Å². The number of hydrogen-bond acceptors (Lipinski definition) is 3. The highest BCUT2D eigenvalue weighted by molar-refractivity contribution is 14.1. The van der Waals surface area contributed by atoms with Crippen molar-refractivity contribution in [3.05, 3.63) is 38.1 Å². The lowest BCUT2D eigenvalue weighted by Gasteiger charge is -2.14. The largest absolute Gasteiger partial charge is 0.383 e. The SMILES string of the molecule is Cc1cc(C)c(-c2nc(N)c(I)c(CC(C)C)n2)c(C)c1. The van der Waals surface area contributed by atoms with Gasteiger partial charge in [-0.25, -0.2) is 9.97 Å². The molecule has 0 spiro atoms. The molecule has 3 nitrogen and oxygen atoms in total. The fourth-order valence-electron chi connectivity index (χ4n) is 2.68. The predicted octanol–water partition coefficient (Wildman–Crippen LogP) is 4.45. The van der Waals surface area contributed by atoms with E-state index < -0.39 is 0 Å². The number of anilines is 1. The third-order valence-electron chi connectivity index (χ3n) is 3.45. The van der Waals surface area contributed by atoms with E-state index in [1.807, 2.05) is 0 Å². The van der Waals surface area contributed by atoms with Crippen molar-refractivity contribution in [1.82, 2.24) is 9.97 Å². The number of aryl methyl sites for hydroxylation is 3. The third-order valence-corrected chi connectivity index (χ3v) is 4.62. The molecule has 1 aromatic heterocycles. The molecule has 1 aromatic carbocycles. The zero-order chi connectivity index (χ0) is 15.7. The lowest BCUT2D eigenvalue weighted by atomic mass is 9.99. The van der Waals surface area contributed by atoms with Gasteiger partial charge in [0, 0.05) is 5.56 Å². The summed E-state index contributed by atoms with van der Waals surface area (Å²) in [4.78, 5) is 9.32. The summed E-state index contributed by atoms with van der Waals surface area (Å²) < 4.78 is 0.979. The monoisotopic (exact) mass is 395 g/mol. The van der Waals surface area contributed by atoms with Crippen LogP contribution in [-0.2, 0) is 6.42 Å². The molecule has 1 heterocycles. The van der Waals surface area contributed by atoms with Gasteiger partial charge in [-0.15, -0.1) is 0 Å². The first-order valence-corrected chi connectivity index (χ1v) is 8.27. The Balaban J connectivity index is 2.62. The molecular weight excluding hydrogens is 373 g/mol. The van der Waals surface area contributed by atoms with Crippen LogP contribution in [0.2, 0.25) is 0 Å². The Morgan fingerprint density at radius 1 is 1.10 bits per heavy atom. The minimum Gasteiger partial charge on any atom is -0.383 e. The van der Waals surface area contributed by atoms with Crippen LogP contribution in [0.5, 0.6) is 0 Å². The number of nitrogen functional groups attached to an aromatic ring is 1. The maximum atomic E-state index is 6.11. The molecule has 0 aliphatic rings. The number of hydrogen-bond donors (Lipinski definition) is 1. The van der Waals surface area contributed by atoms with E-state index in [0.29, 0.717) is 11.7 Å². The van der Waals surface area contributed by atoms with Crippen LogP contribution in [0.3, 0.4) is 0 Å². The first kappa shape index (κ1) is 16.2. The molecule has 0 aliphatic heterocycles. The molecule has 21 heavy (non-hydrogen) atoms. The Labute approximate surface area is 140 Å². The van der Waals surface area contributed by atoms with Gasteiger partial charge in [-0.3, -0.25) is 0 Å². The maximum absolute atomic E-state index is 6.11. The summed E-state index contributed by atoms with van der Waals surface area (Å²) in [5.74, 6) is 1.87. The summed E-state index contributed by atoms with van der Waals surface area (Å²) >= 11 is 2.25. The van der Waals surface area contributed by atoms with Gasteiger partial charge in [0.1, 0.15) is 5.82 Å². The molecule has 0 bridgehead atoms. The molecule has 0 atom stereocenters. The Bertz CT molecular complexity index is 655. The van der Waals surface area contributed by atoms with Gasteiger partial charge in [-0.1, -0.05) is 31.5 Å². The average Bonchev–Trinajstić information content (AvgIpc) is 2.33. The fraction of sp³-hybridized carbons (Fsp3) is 0.412. The zero-order valence-corrected chi connectivity index (χ0v) is 15.4. The predicted molar refractivity (Wildman–Crippen MR) is 97.4 cm³/mol. The van der Waals surface area contributed by atoms with Crippen LogP contribution in [0.4, 0.5) is 5.82 Å². The van der Waals surface area contributed by atoms with Gasteiger partial charge in [-0.2, -0.15) is 0 Å². The highest BCUT2D eigenvalue weighted by Crippen LogP contribution is 2.29. The lowest BCUT2D eigenvalue weighted by molar-refractivity contribution is 0.632. The van der Waals surface area contributed by atoms with Crippen LogP contribution >= 0.6 is 22.6 Å². The summed E-state index contributed by atoms with van der Waals surface area (Å²) in [6, 6.07) is 4.34. The number of nitrogens with two attached hydrogens (primary N) is 1. The molecule has 2 N–H and O–H groups in total. The average molecular weight is 395 g/mol. The summed E-state index contributed by atoms with van der Waals surface area (Å²) in [5.41, 5.74) is 11.9. The van der Waals surface area contributed by atoms with E-state index in [4.69, 9.17) is 10.7 Å². The minimum atomic E-state index is 0.542. The van der Waals surface area contributed by atoms with Crippen LogP contribution in [0, 0.1) is 30.3 Å². The van der Waals surface area contributed by atoms with E-state index in [1.54, 1.807) is 0 Å². The van der Waals surface area contributed by atoms with Gasteiger partial charge < -0.3 is 5.73 Å². The van der Waals surface area contributed by atoms with Crippen LogP contribution in [0.15, 0.2) is 12.1 Å². The lowest BCUT2D eigenvalue weighted by Crippen LogP contribution is -2.08. The first-order chi connectivity index (χ1) is 9.79. The van der Waals surface area contributed by atoms with E-state index in [0.717, 1.165) is 27.1 Å². The second-order valence-corrected chi connectivity index (χ2v) is 7.14. The highest BCUT2D eigenvalue weighted by Gasteiger charge is 2.15. The Morgan fingerprint density at radius 2 is 1.67 bits per heavy atom. The van der Waals surface area contributed by atoms with Gasteiger partial charge in [0.25, 0.3) is 0 Å². The maximum Gasteiger partial charge on any atom is 0.162 e. The number of rotatable bonds is 3. The van der Waals surface area contributed by atoms with Crippen LogP contribution in [-0.4, -0.2) is 9.97 Å². The van der Waals surface area contributed by atoms with Crippen molar-refractivity contribution in [3.8, 4) is 11.4 Å². The van der Waals surface area contributed by atoms with E-state index in [-0.39, 0.29) is 0 Å². The summed E-state index contributed by atoms with van der Waals surface area (Å²) in [6.07, 6.45) is 0.919. The van der Waals surface area contributed by atoms with Crippen molar-refractivity contribution < 1.29 is 0 Å². The molecule has 0 aliphatic carbocycles. The van der Waals surface area contributed by atoms with Crippen LogP contribution < -0.4 is 5.73 Å². The van der Waals surface area contributed by atoms with Crippen molar-refractivity contribution in [3.63, 3.8) is 0 Å². The molecule has 0 unspecified atom stereocenters. The van der Waals surface area contributed by atoms with Gasteiger partial charge in [0.05, 0.1) is 9.26 Å². The normalized spacial score (nSPS) is 11.2. The van der Waals surface area contributed by atoms with Crippen molar-refractivity contribution in [2.45, 2.75) is 41.0 Å². The van der Waals surface area contributed by atoms with Crippen molar-refractivity contribution >= 4 is 28.4 Å². The molecule has 0 fully saturated rings. The van der Waals surface area contributed by atoms with E-state index in [1.165, 1.54) is 16.7 Å². The van der Waals surface area contributed by atoms with Crippen molar-refractivity contribution in [2.24, 2.45) is 5.92 Å². The number of benzene rings is 1. The number of aromatic nitrogens is 2. The summed E-state index contributed by atoms with van der Waals surface area (Å²) in [7, 11) is 0. The number of halogens is 1. The Kier molecular flexibility index (Phi) is 4.86. The first-order valence-electron chi connectivity index (χ1n) is 7.19. The second-order valence-electron chi connectivity index (χ2n) is 6.06. The molecule has 2 rings (SSSR count). The van der Waals surface area contributed by atoms with E-state index in [9.17, 15) is 0 Å². The minimum absolute atomic E-state index is 0.542.